The maximum atomic E-state index is 13.5. The molecule has 2 aromatic carbocycles. The minimum Gasteiger partial charge on any atom is -0.483 e. The Hall–Kier alpha value is -3.55. The molecule has 150 valence electrons. The maximum Gasteiger partial charge on any atom is 0.387 e. The van der Waals surface area contributed by atoms with Crippen LogP contribution in [-0.4, -0.2) is 12.4 Å². The molecule has 1 aromatic heterocycles. The van der Waals surface area contributed by atoms with Crippen LogP contribution >= 0.6 is 0 Å². The summed E-state index contributed by atoms with van der Waals surface area (Å²) in [5, 5.41) is 0. The number of rotatable bonds is 8. The largest absolute Gasteiger partial charge is 0.483 e. The molecule has 29 heavy (non-hydrogen) atoms. The number of hydrogen-bond acceptors (Lipinski definition) is 4. The van der Waals surface area contributed by atoms with Gasteiger partial charge >= 0.3 is 6.61 Å². The SMILES string of the molecule is O=C(/C=C/c1ccc(COc2ccc(F)cc2F)o1)c1cccc(OC(F)F)c1. The number of carbonyl (C=O) groups excluding carboxylic acids is 1. The van der Waals surface area contributed by atoms with Crippen molar-refractivity contribution in [3.63, 3.8) is 0 Å². The van der Waals surface area contributed by atoms with Crippen LogP contribution in [0.15, 0.2) is 65.1 Å². The van der Waals surface area contributed by atoms with Crippen molar-refractivity contribution >= 4 is 11.9 Å². The maximum absolute atomic E-state index is 13.5. The highest BCUT2D eigenvalue weighted by Gasteiger charge is 2.09. The Morgan fingerprint density at radius 1 is 1.07 bits per heavy atom. The van der Waals surface area contributed by atoms with Gasteiger partial charge in [-0.1, -0.05) is 12.1 Å². The molecule has 0 atom stereocenters. The predicted octanol–water partition coefficient (Wildman–Crippen LogP) is 5.63. The van der Waals surface area contributed by atoms with E-state index in [1.165, 1.54) is 42.5 Å². The first kappa shape index (κ1) is 20.2. The number of halogens is 4. The van der Waals surface area contributed by atoms with Crippen LogP contribution < -0.4 is 9.47 Å². The number of ketones is 1. The van der Waals surface area contributed by atoms with Crippen molar-refractivity contribution in [3.05, 3.63) is 89.4 Å². The number of alkyl halides is 2. The summed E-state index contributed by atoms with van der Waals surface area (Å²) in [6, 6.07) is 11.5. The van der Waals surface area contributed by atoms with E-state index in [9.17, 15) is 22.4 Å². The fourth-order valence-electron chi connectivity index (χ4n) is 2.38. The van der Waals surface area contributed by atoms with Gasteiger partial charge in [-0.2, -0.15) is 8.78 Å². The van der Waals surface area contributed by atoms with Crippen LogP contribution in [0.25, 0.3) is 6.08 Å². The Morgan fingerprint density at radius 2 is 1.90 bits per heavy atom. The van der Waals surface area contributed by atoms with E-state index < -0.39 is 24.0 Å². The van der Waals surface area contributed by atoms with Gasteiger partial charge in [0.2, 0.25) is 0 Å². The molecule has 0 amide bonds. The molecule has 0 bridgehead atoms. The van der Waals surface area contributed by atoms with Gasteiger partial charge in [0.15, 0.2) is 17.3 Å². The lowest BCUT2D eigenvalue weighted by Gasteiger charge is -2.05. The summed E-state index contributed by atoms with van der Waals surface area (Å²) in [6.45, 7) is -3.08. The first-order valence-corrected chi connectivity index (χ1v) is 8.34. The van der Waals surface area contributed by atoms with Gasteiger partial charge in [-0.3, -0.25) is 4.79 Å². The van der Waals surface area contributed by atoms with Crippen LogP contribution in [0.4, 0.5) is 17.6 Å². The highest BCUT2D eigenvalue weighted by atomic mass is 19.3. The van der Waals surface area contributed by atoms with Gasteiger partial charge in [0, 0.05) is 11.6 Å². The minimum absolute atomic E-state index is 0.0999. The summed E-state index contributed by atoms with van der Waals surface area (Å²) in [5.41, 5.74) is 0.168. The van der Waals surface area contributed by atoms with E-state index in [1.807, 2.05) is 0 Å². The highest BCUT2D eigenvalue weighted by molar-refractivity contribution is 6.06. The molecule has 4 nitrogen and oxygen atoms in total. The Morgan fingerprint density at radius 3 is 2.66 bits per heavy atom. The van der Waals surface area contributed by atoms with Crippen molar-refractivity contribution in [2.24, 2.45) is 0 Å². The standard InChI is InChI=1S/C21H14F4O4/c22-14-4-9-20(18(23)11-14)27-12-17-6-5-15(28-17)7-8-19(26)13-2-1-3-16(10-13)29-21(24)25/h1-11,21H,12H2/b8-7+. The first-order valence-electron chi connectivity index (χ1n) is 8.34. The summed E-state index contributed by atoms with van der Waals surface area (Å²) < 4.78 is 65.9. The molecule has 0 unspecified atom stereocenters. The van der Waals surface area contributed by atoms with Gasteiger partial charge in [-0.25, -0.2) is 8.78 Å². The lowest BCUT2D eigenvalue weighted by molar-refractivity contribution is -0.0498. The third-order valence-electron chi connectivity index (χ3n) is 3.69. The summed E-state index contributed by atoms with van der Waals surface area (Å²) in [5.74, 6) is -1.54. The average molecular weight is 406 g/mol. The summed E-state index contributed by atoms with van der Waals surface area (Å²) in [4.78, 5) is 12.2. The van der Waals surface area contributed by atoms with Crippen molar-refractivity contribution in [3.8, 4) is 11.5 Å². The smallest absolute Gasteiger partial charge is 0.387 e. The van der Waals surface area contributed by atoms with Crippen LogP contribution in [0, 0.1) is 11.6 Å². The summed E-state index contributed by atoms with van der Waals surface area (Å²) >= 11 is 0. The van der Waals surface area contributed by atoms with E-state index in [1.54, 1.807) is 12.1 Å². The molecular weight excluding hydrogens is 392 g/mol. The second-order valence-corrected chi connectivity index (χ2v) is 5.77. The molecule has 0 N–H and O–H groups in total. The van der Waals surface area contributed by atoms with E-state index in [0.29, 0.717) is 17.6 Å². The number of furan rings is 1. The van der Waals surface area contributed by atoms with Crippen LogP contribution in [0.5, 0.6) is 11.5 Å². The molecule has 0 saturated heterocycles. The molecular formula is C21H14F4O4. The van der Waals surface area contributed by atoms with E-state index in [0.717, 1.165) is 6.07 Å². The molecule has 1 heterocycles. The monoisotopic (exact) mass is 406 g/mol. The van der Waals surface area contributed by atoms with E-state index in [4.69, 9.17) is 9.15 Å². The molecule has 3 rings (SSSR count). The van der Waals surface area contributed by atoms with E-state index in [2.05, 4.69) is 4.74 Å². The zero-order valence-corrected chi connectivity index (χ0v) is 14.8. The van der Waals surface area contributed by atoms with Gasteiger partial charge in [-0.05, 0) is 48.6 Å². The van der Waals surface area contributed by atoms with Gasteiger partial charge in [0.05, 0.1) is 0 Å². The summed E-state index contributed by atoms with van der Waals surface area (Å²) in [7, 11) is 0. The van der Waals surface area contributed by atoms with E-state index >= 15 is 0 Å². The Bertz CT molecular complexity index is 1030. The highest BCUT2D eigenvalue weighted by Crippen LogP contribution is 2.20. The van der Waals surface area contributed by atoms with Crippen molar-refractivity contribution < 1.29 is 36.2 Å². The summed E-state index contributed by atoms with van der Waals surface area (Å²) in [6.07, 6.45) is 2.61. The average Bonchev–Trinajstić information content (AvgIpc) is 3.13. The molecule has 3 aromatic rings. The Balaban J connectivity index is 1.60. The molecule has 0 aliphatic heterocycles. The lowest BCUT2D eigenvalue weighted by Crippen LogP contribution is -2.03. The molecule has 0 fully saturated rings. The quantitative estimate of drug-likeness (QED) is 0.276. The Labute approximate surface area is 163 Å². The van der Waals surface area contributed by atoms with Crippen molar-refractivity contribution in [1.82, 2.24) is 0 Å². The van der Waals surface area contributed by atoms with Crippen LogP contribution in [0.3, 0.4) is 0 Å². The topological polar surface area (TPSA) is 48.7 Å². The molecule has 0 saturated carbocycles. The Kier molecular flexibility index (Phi) is 6.33. The second kappa shape index (κ2) is 9.09. The third-order valence-corrected chi connectivity index (χ3v) is 3.69. The number of hydrogen-bond donors (Lipinski definition) is 0. The fraction of sp³-hybridized carbons (Fsp3) is 0.0952. The first-order chi connectivity index (χ1) is 13.9. The third kappa shape index (κ3) is 5.71. The van der Waals surface area contributed by atoms with Gasteiger partial charge in [0.25, 0.3) is 0 Å². The van der Waals surface area contributed by atoms with Crippen LogP contribution in [0.2, 0.25) is 0 Å². The van der Waals surface area contributed by atoms with Crippen molar-refractivity contribution in [2.45, 2.75) is 13.2 Å². The van der Waals surface area contributed by atoms with Gasteiger partial charge in [0.1, 0.15) is 29.7 Å². The van der Waals surface area contributed by atoms with Gasteiger partial charge in [-0.15, -0.1) is 0 Å². The normalized spacial score (nSPS) is 11.2. The molecule has 0 aliphatic rings. The van der Waals surface area contributed by atoms with Crippen molar-refractivity contribution in [1.29, 1.82) is 0 Å². The number of allylic oxidation sites excluding steroid dienone is 1. The molecule has 0 radical (unpaired) electrons. The predicted molar refractivity (Wildman–Crippen MR) is 95.8 cm³/mol. The minimum atomic E-state index is -2.98. The number of carbonyl (C=O) groups is 1. The van der Waals surface area contributed by atoms with Crippen molar-refractivity contribution in [2.75, 3.05) is 0 Å². The van der Waals surface area contributed by atoms with E-state index in [-0.39, 0.29) is 23.7 Å². The second-order valence-electron chi connectivity index (χ2n) is 5.77. The zero-order chi connectivity index (χ0) is 20.8. The molecule has 0 spiro atoms. The molecule has 0 aliphatic carbocycles. The van der Waals surface area contributed by atoms with Gasteiger partial charge < -0.3 is 13.9 Å². The number of ether oxygens (including phenoxy) is 2. The molecule has 8 heteroatoms. The van der Waals surface area contributed by atoms with Crippen LogP contribution in [0.1, 0.15) is 21.9 Å². The fourth-order valence-corrected chi connectivity index (χ4v) is 2.38. The zero-order valence-electron chi connectivity index (χ0n) is 14.8. The number of benzene rings is 2. The van der Waals surface area contributed by atoms with Crippen LogP contribution in [-0.2, 0) is 6.61 Å². The lowest BCUT2D eigenvalue weighted by atomic mass is 10.1.